The number of halogens is 1. The number of unbranched alkanes of at least 4 members (excludes halogenated alkanes) is 1. The molecule has 0 heterocycles. The molecule has 2 nitrogen and oxygen atoms in total. The minimum atomic E-state index is 0.665. The van der Waals surface area contributed by atoms with Crippen molar-refractivity contribution in [1.82, 2.24) is 5.32 Å². The molecule has 0 saturated heterocycles. The van der Waals surface area contributed by atoms with Crippen LogP contribution < -0.4 is 10.2 Å². The average Bonchev–Trinajstić information content (AvgIpc) is 2.41. The molecule has 0 fully saturated rings. The van der Waals surface area contributed by atoms with E-state index in [2.05, 4.69) is 56.1 Å². The van der Waals surface area contributed by atoms with Gasteiger partial charge in [0.05, 0.1) is 0 Å². The average molecular weight is 297 g/mol. The second kappa shape index (κ2) is 9.25. The topological polar surface area (TPSA) is 15.3 Å². The molecule has 3 heteroatoms. The Morgan fingerprint density at radius 3 is 2.55 bits per heavy atom. The fraction of sp³-hybridized carbons (Fsp3) is 0.647. The van der Waals surface area contributed by atoms with E-state index in [0.717, 1.165) is 31.2 Å². The first-order valence-corrected chi connectivity index (χ1v) is 8.20. The molecule has 0 bridgehead atoms. The van der Waals surface area contributed by atoms with Gasteiger partial charge in [0.1, 0.15) is 0 Å². The maximum Gasteiger partial charge on any atom is 0.0471 e. The van der Waals surface area contributed by atoms with Crippen molar-refractivity contribution in [3.05, 3.63) is 28.8 Å². The van der Waals surface area contributed by atoms with E-state index in [1.54, 1.807) is 0 Å². The molecule has 0 amide bonds. The van der Waals surface area contributed by atoms with E-state index in [1.165, 1.54) is 24.1 Å². The number of benzene rings is 1. The molecule has 0 aliphatic carbocycles. The van der Waals surface area contributed by atoms with Gasteiger partial charge in [-0.3, -0.25) is 0 Å². The van der Waals surface area contributed by atoms with Gasteiger partial charge in [0.2, 0.25) is 0 Å². The quantitative estimate of drug-likeness (QED) is 0.710. The fourth-order valence-electron chi connectivity index (χ4n) is 2.19. The summed E-state index contributed by atoms with van der Waals surface area (Å²) in [4.78, 5) is 2.39. The number of anilines is 1. The predicted molar refractivity (Wildman–Crippen MR) is 90.8 cm³/mol. The summed E-state index contributed by atoms with van der Waals surface area (Å²) in [5.41, 5.74) is 2.42. The lowest BCUT2D eigenvalue weighted by molar-refractivity contribution is 0.552. The van der Waals surface area contributed by atoms with E-state index in [9.17, 15) is 0 Å². The first-order valence-electron chi connectivity index (χ1n) is 7.82. The molecule has 0 atom stereocenters. The number of hydrogen-bond acceptors (Lipinski definition) is 2. The highest BCUT2D eigenvalue weighted by Crippen LogP contribution is 2.24. The lowest BCUT2D eigenvalue weighted by Crippen LogP contribution is -2.24. The first kappa shape index (κ1) is 17.3. The molecule has 1 N–H and O–H groups in total. The van der Waals surface area contributed by atoms with Gasteiger partial charge in [-0.1, -0.05) is 44.9 Å². The monoisotopic (exact) mass is 296 g/mol. The Bertz CT molecular complexity index is 391. The smallest absolute Gasteiger partial charge is 0.0471 e. The standard InChI is InChI=1S/C17H29ClN2/c1-5-7-10-20(6-2)16-9-8-15(17(18)11-16)13-19-12-14(3)4/h8-9,11,14,19H,5-7,10,12-13H2,1-4H3. The van der Waals surface area contributed by atoms with Gasteiger partial charge in [-0.25, -0.2) is 0 Å². The van der Waals surface area contributed by atoms with Crippen molar-refractivity contribution in [3.8, 4) is 0 Å². The van der Waals surface area contributed by atoms with Gasteiger partial charge in [0, 0.05) is 30.3 Å². The minimum Gasteiger partial charge on any atom is -0.372 e. The Kier molecular flexibility index (Phi) is 8.01. The van der Waals surface area contributed by atoms with Crippen molar-refractivity contribution in [2.75, 3.05) is 24.5 Å². The number of rotatable bonds is 9. The normalized spacial score (nSPS) is 11.1. The van der Waals surface area contributed by atoms with Crippen LogP contribution >= 0.6 is 11.6 Å². The lowest BCUT2D eigenvalue weighted by atomic mass is 10.1. The fourth-order valence-corrected chi connectivity index (χ4v) is 2.43. The molecule has 0 aliphatic rings. The summed E-state index contributed by atoms with van der Waals surface area (Å²) in [6, 6.07) is 6.45. The summed E-state index contributed by atoms with van der Waals surface area (Å²) in [6.07, 6.45) is 2.45. The van der Waals surface area contributed by atoms with E-state index in [-0.39, 0.29) is 0 Å². The molecule has 0 aliphatic heterocycles. The van der Waals surface area contributed by atoms with Crippen LogP contribution in [0.5, 0.6) is 0 Å². The summed E-state index contributed by atoms with van der Waals surface area (Å²) < 4.78 is 0. The summed E-state index contributed by atoms with van der Waals surface area (Å²) in [7, 11) is 0. The first-order chi connectivity index (χ1) is 9.58. The Labute approximate surface area is 129 Å². The highest BCUT2D eigenvalue weighted by Gasteiger charge is 2.07. The van der Waals surface area contributed by atoms with Gasteiger partial charge in [0.15, 0.2) is 0 Å². The van der Waals surface area contributed by atoms with Gasteiger partial charge in [-0.2, -0.15) is 0 Å². The SMILES string of the molecule is CCCCN(CC)c1ccc(CNCC(C)C)c(Cl)c1. The third-order valence-corrected chi connectivity index (χ3v) is 3.78. The van der Waals surface area contributed by atoms with Crippen LogP contribution in [0.3, 0.4) is 0 Å². The largest absolute Gasteiger partial charge is 0.372 e. The van der Waals surface area contributed by atoms with Crippen LogP contribution in [0.25, 0.3) is 0 Å². The molecule has 0 unspecified atom stereocenters. The third kappa shape index (κ3) is 5.72. The van der Waals surface area contributed by atoms with E-state index in [1.807, 2.05) is 0 Å². The zero-order chi connectivity index (χ0) is 15.0. The van der Waals surface area contributed by atoms with Crippen LogP contribution in [0, 0.1) is 5.92 Å². The summed E-state index contributed by atoms with van der Waals surface area (Å²) >= 11 is 6.41. The van der Waals surface area contributed by atoms with Gasteiger partial charge in [0.25, 0.3) is 0 Å². The molecule has 1 aromatic rings. The zero-order valence-corrected chi connectivity index (χ0v) is 14.1. The van der Waals surface area contributed by atoms with Gasteiger partial charge in [-0.15, -0.1) is 0 Å². The van der Waals surface area contributed by atoms with Crippen LogP contribution in [0.4, 0.5) is 5.69 Å². The van der Waals surface area contributed by atoms with Crippen molar-refractivity contribution >= 4 is 17.3 Å². The van der Waals surface area contributed by atoms with Crippen molar-refractivity contribution in [1.29, 1.82) is 0 Å². The van der Waals surface area contributed by atoms with E-state index in [0.29, 0.717) is 5.92 Å². The molecule has 1 aromatic carbocycles. The van der Waals surface area contributed by atoms with Crippen molar-refractivity contribution < 1.29 is 0 Å². The van der Waals surface area contributed by atoms with Gasteiger partial charge in [-0.05, 0) is 43.5 Å². The Balaban J connectivity index is 2.65. The minimum absolute atomic E-state index is 0.665. The lowest BCUT2D eigenvalue weighted by Gasteiger charge is -2.23. The molecular formula is C17H29ClN2. The summed E-state index contributed by atoms with van der Waals surface area (Å²) in [5, 5.41) is 4.31. The van der Waals surface area contributed by atoms with Gasteiger partial charge < -0.3 is 10.2 Å². The molecule has 1 rings (SSSR count). The molecule has 0 saturated carbocycles. The maximum atomic E-state index is 6.41. The Morgan fingerprint density at radius 2 is 2.00 bits per heavy atom. The van der Waals surface area contributed by atoms with E-state index in [4.69, 9.17) is 11.6 Å². The van der Waals surface area contributed by atoms with Crippen LogP contribution in [0.15, 0.2) is 18.2 Å². The molecule has 20 heavy (non-hydrogen) atoms. The second-order valence-corrected chi connectivity index (χ2v) is 6.14. The van der Waals surface area contributed by atoms with Crippen molar-refractivity contribution in [3.63, 3.8) is 0 Å². The summed E-state index contributed by atoms with van der Waals surface area (Å²) in [6.45, 7) is 12.9. The summed E-state index contributed by atoms with van der Waals surface area (Å²) in [5.74, 6) is 0.665. The Hall–Kier alpha value is -0.730. The van der Waals surface area contributed by atoms with Crippen molar-refractivity contribution in [2.24, 2.45) is 5.92 Å². The van der Waals surface area contributed by atoms with E-state index < -0.39 is 0 Å². The number of nitrogens with zero attached hydrogens (tertiary/aromatic N) is 1. The van der Waals surface area contributed by atoms with E-state index >= 15 is 0 Å². The Morgan fingerprint density at radius 1 is 1.25 bits per heavy atom. The highest BCUT2D eigenvalue weighted by molar-refractivity contribution is 6.31. The number of nitrogens with one attached hydrogen (secondary N) is 1. The molecule has 114 valence electrons. The third-order valence-electron chi connectivity index (χ3n) is 3.43. The molecular weight excluding hydrogens is 268 g/mol. The maximum absolute atomic E-state index is 6.41. The van der Waals surface area contributed by atoms with Crippen LogP contribution in [0.2, 0.25) is 5.02 Å². The number of hydrogen-bond donors (Lipinski definition) is 1. The molecule has 0 aromatic heterocycles. The van der Waals surface area contributed by atoms with Crippen LogP contribution in [-0.4, -0.2) is 19.6 Å². The zero-order valence-electron chi connectivity index (χ0n) is 13.4. The predicted octanol–water partition coefficient (Wildman–Crippen LogP) is 4.71. The van der Waals surface area contributed by atoms with Gasteiger partial charge >= 0.3 is 0 Å². The van der Waals surface area contributed by atoms with Crippen LogP contribution in [-0.2, 0) is 6.54 Å². The van der Waals surface area contributed by atoms with Crippen molar-refractivity contribution in [2.45, 2.75) is 47.1 Å². The highest BCUT2D eigenvalue weighted by atomic mass is 35.5. The molecule has 0 radical (unpaired) electrons. The molecule has 0 spiro atoms. The van der Waals surface area contributed by atoms with Crippen LogP contribution in [0.1, 0.15) is 46.1 Å². The second-order valence-electron chi connectivity index (χ2n) is 5.73.